The lowest BCUT2D eigenvalue weighted by atomic mass is 9.99. The summed E-state index contributed by atoms with van der Waals surface area (Å²) in [6.07, 6.45) is 4.77. The number of halogens is 1. The first kappa shape index (κ1) is 25.8. The van der Waals surface area contributed by atoms with Crippen molar-refractivity contribution < 1.29 is 28.2 Å². The maximum atomic E-state index is 13.5. The van der Waals surface area contributed by atoms with Crippen molar-refractivity contribution in [2.45, 2.75) is 75.8 Å². The van der Waals surface area contributed by atoms with E-state index in [1.165, 1.54) is 7.11 Å². The molecule has 2 amide bonds. The monoisotopic (exact) mass is 495 g/mol. The molecule has 1 saturated carbocycles. The summed E-state index contributed by atoms with van der Waals surface area (Å²) in [7, 11) is 1.35. The fourth-order valence-electron chi connectivity index (χ4n) is 4.91. The third-order valence-electron chi connectivity index (χ3n) is 6.99. The Labute approximate surface area is 205 Å². The smallest absolute Gasteiger partial charge is 0.406 e. The summed E-state index contributed by atoms with van der Waals surface area (Å²) >= 11 is 0. The lowest BCUT2D eigenvalue weighted by molar-refractivity contribution is -0.154. The summed E-state index contributed by atoms with van der Waals surface area (Å²) in [6, 6.07) is -0.0647. The van der Waals surface area contributed by atoms with Gasteiger partial charge in [0.05, 0.1) is 24.9 Å². The van der Waals surface area contributed by atoms with Crippen LogP contribution in [0.1, 0.15) is 62.5 Å². The molecule has 1 aromatic rings. The zero-order chi connectivity index (χ0) is 24.8. The number of carbonyl (C=O) groups is 2. The molecule has 1 aliphatic carbocycles. The molecule has 3 atom stereocenters. The molecule has 4 rings (SSSR count). The normalized spacial score (nSPS) is 24.1. The lowest BCUT2D eigenvalue weighted by Gasteiger charge is -2.35. The SMILES string of the molecule is COC(=O)NCCCn1cc([C@@H](C)N(C(=O)[C@H]2CNC[C@@H](CF)O2)C2CC2)nc1C1CCOCC1. The van der Waals surface area contributed by atoms with E-state index in [4.69, 9.17) is 14.5 Å². The first-order valence-electron chi connectivity index (χ1n) is 12.7. The lowest BCUT2D eigenvalue weighted by Crippen LogP contribution is -2.54. The third kappa shape index (κ3) is 6.50. The molecule has 0 bridgehead atoms. The number of carbonyl (C=O) groups excluding carboxylic acids is 2. The van der Waals surface area contributed by atoms with Gasteiger partial charge in [-0.2, -0.15) is 0 Å². The summed E-state index contributed by atoms with van der Waals surface area (Å²) < 4.78 is 31.3. The van der Waals surface area contributed by atoms with E-state index in [0.29, 0.717) is 45.3 Å². The van der Waals surface area contributed by atoms with Crippen molar-refractivity contribution in [1.29, 1.82) is 0 Å². The minimum absolute atomic E-state index is 0.102. The molecular weight excluding hydrogens is 457 g/mol. The van der Waals surface area contributed by atoms with Crippen molar-refractivity contribution in [3.05, 3.63) is 17.7 Å². The van der Waals surface area contributed by atoms with Crippen LogP contribution in [0.4, 0.5) is 9.18 Å². The largest absolute Gasteiger partial charge is 0.453 e. The van der Waals surface area contributed by atoms with Crippen LogP contribution in [0.2, 0.25) is 0 Å². The topological polar surface area (TPSA) is 107 Å². The van der Waals surface area contributed by atoms with E-state index in [1.54, 1.807) is 0 Å². The van der Waals surface area contributed by atoms with Crippen LogP contribution in [0.25, 0.3) is 0 Å². The van der Waals surface area contributed by atoms with Crippen LogP contribution in [0, 0.1) is 0 Å². The fraction of sp³-hybridized carbons (Fsp3) is 0.792. The van der Waals surface area contributed by atoms with Crippen molar-refractivity contribution in [3.63, 3.8) is 0 Å². The van der Waals surface area contributed by atoms with Crippen molar-refractivity contribution in [2.75, 3.05) is 46.6 Å². The number of nitrogens with one attached hydrogen (secondary N) is 2. The molecule has 0 unspecified atom stereocenters. The highest BCUT2D eigenvalue weighted by atomic mass is 19.1. The molecule has 2 N–H and O–H groups in total. The predicted octanol–water partition coefficient (Wildman–Crippen LogP) is 1.90. The first-order chi connectivity index (χ1) is 17.0. The zero-order valence-corrected chi connectivity index (χ0v) is 20.7. The van der Waals surface area contributed by atoms with Gasteiger partial charge in [0.25, 0.3) is 5.91 Å². The van der Waals surface area contributed by atoms with Gasteiger partial charge in [0.2, 0.25) is 0 Å². The molecule has 3 heterocycles. The number of imidazole rings is 1. The second kappa shape index (κ2) is 12.1. The van der Waals surface area contributed by atoms with Crippen LogP contribution in [-0.2, 0) is 25.5 Å². The second-order valence-electron chi connectivity index (χ2n) is 9.59. The quantitative estimate of drug-likeness (QED) is 0.478. The van der Waals surface area contributed by atoms with Gasteiger partial charge in [-0.3, -0.25) is 4.79 Å². The van der Waals surface area contributed by atoms with E-state index in [1.807, 2.05) is 18.0 Å². The minimum atomic E-state index is -0.686. The van der Waals surface area contributed by atoms with Gasteiger partial charge in [-0.15, -0.1) is 0 Å². The number of morpholine rings is 1. The number of alkyl halides is 1. The Hall–Kier alpha value is -2.24. The van der Waals surface area contributed by atoms with Crippen LogP contribution in [0.3, 0.4) is 0 Å². The Balaban J connectivity index is 1.50. The number of amides is 2. The number of alkyl carbamates (subject to hydrolysis) is 1. The van der Waals surface area contributed by atoms with E-state index in [2.05, 4.69) is 19.9 Å². The number of methoxy groups -OCH3 is 1. The molecule has 11 heteroatoms. The summed E-state index contributed by atoms with van der Waals surface area (Å²) in [5.41, 5.74) is 0.846. The molecule has 0 spiro atoms. The maximum Gasteiger partial charge on any atom is 0.406 e. The second-order valence-corrected chi connectivity index (χ2v) is 9.59. The molecular formula is C24H38FN5O5. The minimum Gasteiger partial charge on any atom is -0.453 e. The van der Waals surface area contributed by atoms with Gasteiger partial charge in [-0.25, -0.2) is 14.2 Å². The highest BCUT2D eigenvalue weighted by Crippen LogP contribution is 2.36. The third-order valence-corrected chi connectivity index (χ3v) is 6.99. The maximum absolute atomic E-state index is 13.5. The first-order valence-corrected chi connectivity index (χ1v) is 12.7. The van der Waals surface area contributed by atoms with Crippen molar-refractivity contribution in [3.8, 4) is 0 Å². The summed E-state index contributed by atoms with van der Waals surface area (Å²) in [6.45, 7) is 4.82. The van der Waals surface area contributed by atoms with E-state index in [-0.39, 0.29) is 18.0 Å². The van der Waals surface area contributed by atoms with Gasteiger partial charge in [0, 0.05) is 57.5 Å². The molecule has 196 valence electrons. The van der Waals surface area contributed by atoms with E-state index in [0.717, 1.165) is 43.6 Å². The average Bonchev–Trinajstić information content (AvgIpc) is 3.64. The molecule has 1 aromatic heterocycles. The Kier molecular flexibility index (Phi) is 8.96. The van der Waals surface area contributed by atoms with E-state index >= 15 is 0 Å². The van der Waals surface area contributed by atoms with E-state index < -0.39 is 25.0 Å². The molecule has 3 aliphatic rings. The Morgan fingerprint density at radius 3 is 2.77 bits per heavy atom. The highest BCUT2D eigenvalue weighted by Gasteiger charge is 2.42. The van der Waals surface area contributed by atoms with Gasteiger partial charge in [-0.05, 0) is 39.0 Å². The van der Waals surface area contributed by atoms with Crippen LogP contribution in [-0.4, -0.2) is 91.3 Å². The van der Waals surface area contributed by atoms with Crippen LogP contribution in [0.15, 0.2) is 6.20 Å². The van der Waals surface area contributed by atoms with Gasteiger partial charge in [0.15, 0.2) is 0 Å². The number of aromatic nitrogens is 2. The standard InChI is InChI=1S/C24H38FN5O5/c1-16(30(18-4-5-18)23(31)21-14-26-13-19(12-25)35-21)20-15-29(9-3-8-27-24(32)33-2)22(28-20)17-6-10-34-11-7-17/h15-19,21,26H,3-14H2,1-2H3,(H,27,32)/t16-,19-,21-/m1/s1. The van der Waals surface area contributed by atoms with Crippen LogP contribution in [0.5, 0.6) is 0 Å². The Bertz CT molecular complexity index is 857. The fourth-order valence-corrected chi connectivity index (χ4v) is 4.91. The number of ether oxygens (including phenoxy) is 3. The summed E-state index contributed by atoms with van der Waals surface area (Å²) in [4.78, 5) is 31.8. The van der Waals surface area contributed by atoms with Crippen molar-refractivity contribution in [2.24, 2.45) is 0 Å². The van der Waals surface area contributed by atoms with Gasteiger partial charge < -0.3 is 34.3 Å². The van der Waals surface area contributed by atoms with Crippen LogP contribution >= 0.6 is 0 Å². The number of hydrogen-bond acceptors (Lipinski definition) is 7. The molecule has 35 heavy (non-hydrogen) atoms. The van der Waals surface area contributed by atoms with Crippen LogP contribution < -0.4 is 10.6 Å². The average molecular weight is 496 g/mol. The van der Waals surface area contributed by atoms with Crippen molar-refractivity contribution in [1.82, 2.24) is 25.1 Å². The summed E-state index contributed by atoms with van der Waals surface area (Å²) in [5, 5.41) is 5.84. The van der Waals surface area contributed by atoms with Gasteiger partial charge >= 0.3 is 6.09 Å². The molecule has 2 saturated heterocycles. The highest BCUT2D eigenvalue weighted by molar-refractivity contribution is 5.82. The molecule has 0 radical (unpaired) electrons. The zero-order valence-electron chi connectivity index (χ0n) is 20.7. The number of hydrogen-bond donors (Lipinski definition) is 2. The van der Waals surface area contributed by atoms with E-state index in [9.17, 15) is 14.0 Å². The van der Waals surface area contributed by atoms with Gasteiger partial charge in [0.1, 0.15) is 18.6 Å². The summed E-state index contributed by atoms with van der Waals surface area (Å²) in [5.74, 6) is 1.19. The molecule has 2 aliphatic heterocycles. The molecule has 3 fully saturated rings. The molecule has 0 aromatic carbocycles. The predicted molar refractivity (Wildman–Crippen MR) is 126 cm³/mol. The molecule has 10 nitrogen and oxygen atoms in total. The number of aryl methyl sites for hydroxylation is 1. The van der Waals surface area contributed by atoms with Crippen molar-refractivity contribution >= 4 is 12.0 Å². The Morgan fingerprint density at radius 2 is 2.09 bits per heavy atom. The number of nitrogens with zero attached hydrogens (tertiary/aromatic N) is 3. The number of rotatable bonds is 10. The Morgan fingerprint density at radius 1 is 1.31 bits per heavy atom. The van der Waals surface area contributed by atoms with Gasteiger partial charge in [-0.1, -0.05) is 0 Å².